The predicted octanol–water partition coefficient (Wildman–Crippen LogP) is 1.24. The van der Waals surface area contributed by atoms with E-state index in [0.29, 0.717) is 0 Å². The predicted molar refractivity (Wildman–Crippen MR) is 65.6 cm³/mol. The summed E-state index contributed by atoms with van der Waals surface area (Å²) >= 11 is 0. The molecule has 1 aromatic heterocycles. The Kier molecular flexibility index (Phi) is 4.77. The maximum absolute atomic E-state index is 9.01. The van der Waals surface area contributed by atoms with Gasteiger partial charge in [0.2, 0.25) is 0 Å². The number of aryl methyl sites for hydroxylation is 1. The molecular formula is C11H20ClN3O. The van der Waals surface area contributed by atoms with Crippen LogP contribution in [0.25, 0.3) is 0 Å². The van der Waals surface area contributed by atoms with Crippen molar-refractivity contribution in [3.8, 4) is 0 Å². The van der Waals surface area contributed by atoms with Gasteiger partial charge in [0.25, 0.3) is 0 Å². The molecule has 5 heteroatoms. The van der Waals surface area contributed by atoms with Gasteiger partial charge in [-0.2, -0.15) is 5.10 Å². The molecule has 1 saturated carbocycles. The molecule has 0 unspecified atom stereocenters. The summed E-state index contributed by atoms with van der Waals surface area (Å²) in [6.07, 6.45) is 8.44. The molecule has 16 heavy (non-hydrogen) atoms. The van der Waals surface area contributed by atoms with Crippen LogP contribution < -0.4 is 5.32 Å². The molecule has 2 rings (SSSR count). The van der Waals surface area contributed by atoms with Crippen molar-refractivity contribution in [1.29, 1.82) is 0 Å². The quantitative estimate of drug-likeness (QED) is 0.821. The van der Waals surface area contributed by atoms with Gasteiger partial charge in [-0.25, -0.2) is 0 Å². The lowest BCUT2D eigenvalue weighted by molar-refractivity contribution is 0.130. The second-order valence-corrected chi connectivity index (χ2v) is 4.48. The third kappa shape index (κ3) is 2.97. The highest BCUT2D eigenvalue weighted by molar-refractivity contribution is 5.85. The minimum absolute atomic E-state index is 0. The van der Waals surface area contributed by atoms with Gasteiger partial charge in [-0.1, -0.05) is 0 Å². The van der Waals surface area contributed by atoms with Gasteiger partial charge < -0.3 is 10.4 Å². The van der Waals surface area contributed by atoms with Crippen LogP contribution in [0.3, 0.4) is 0 Å². The van der Waals surface area contributed by atoms with Gasteiger partial charge in [-0.15, -0.1) is 12.4 Å². The van der Waals surface area contributed by atoms with E-state index >= 15 is 0 Å². The summed E-state index contributed by atoms with van der Waals surface area (Å²) in [5.41, 5.74) is 1.41. The maximum Gasteiger partial charge on any atom is 0.0534 e. The first kappa shape index (κ1) is 13.5. The molecule has 2 N–H and O–H groups in total. The Morgan fingerprint density at radius 2 is 2.31 bits per heavy atom. The highest BCUT2D eigenvalue weighted by Crippen LogP contribution is 2.34. The van der Waals surface area contributed by atoms with Gasteiger partial charge in [-0.05, 0) is 25.7 Å². The zero-order chi connectivity index (χ0) is 10.7. The molecule has 1 heterocycles. The van der Waals surface area contributed by atoms with E-state index in [4.69, 9.17) is 5.11 Å². The summed E-state index contributed by atoms with van der Waals surface area (Å²) in [5, 5.41) is 16.7. The van der Waals surface area contributed by atoms with Crippen molar-refractivity contribution >= 4 is 12.4 Å². The Balaban J connectivity index is 0.00000128. The summed E-state index contributed by atoms with van der Waals surface area (Å²) < 4.78 is 1.82. The monoisotopic (exact) mass is 245 g/mol. The molecule has 0 bridgehead atoms. The second-order valence-electron chi connectivity index (χ2n) is 4.48. The van der Waals surface area contributed by atoms with Crippen LogP contribution in [0.15, 0.2) is 12.4 Å². The van der Waals surface area contributed by atoms with E-state index in [9.17, 15) is 0 Å². The van der Waals surface area contributed by atoms with Crippen molar-refractivity contribution in [1.82, 2.24) is 15.1 Å². The average molecular weight is 246 g/mol. The van der Waals surface area contributed by atoms with E-state index in [2.05, 4.69) is 10.4 Å². The molecule has 0 saturated heterocycles. The molecule has 0 aliphatic heterocycles. The van der Waals surface area contributed by atoms with E-state index in [0.717, 1.165) is 13.0 Å². The van der Waals surface area contributed by atoms with Gasteiger partial charge in [0.1, 0.15) is 0 Å². The molecule has 0 aromatic carbocycles. The standard InChI is InChI=1S/C11H19N3O.ClH/c1-14-9-10(8-13-14)7-12-11(5-6-15)3-2-4-11;/h8-9,12,15H,2-7H2,1H3;1H. The zero-order valence-corrected chi connectivity index (χ0v) is 10.5. The Morgan fingerprint density at radius 3 is 2.75 bits per heavy atom. The summed E-state index contributed by atoms with van der Waals surface area (Å²) in [7, 11) is 1.93. The van der Waals surface area contributed by atoms with Crippen LogP contribution in [-0.2, 0) is 13.6 Å². The molecule has 1 aliphatic carbocycles. The van der Waals surface area contributed by atoms with Crippen LogP contribution in [0, 0.1) is 0 Å². The van der Waals surface area contributed by atoms with Crippen molar-refractivity contribution < 1.29 is 5.11 Å². The van der Waals surface area contributed by atoms with E-state index in [1.807, 2.05) is 24.1 Å². The number of halogens is 1. The van der Waals surface area contributed by atoms with E-state index in [-0.39, 0.29) is 24.6 Å². The molecule has 0 atom stereocenters. The molecule has 1 aliphatic rings. The Morgan fingerprint density at radius 1 is 1.56 bits per heavy atom. The SMILES string of the molecule is Cl.Cn1cc(CNC2(CCO)CCC2)cn1. The minimum atomic E-state index is 0. The fraction of sp³-hybridized carbons (Fsp3) is 0.727. The van der Waals surface area contributed by atoms with E-state index in [1.54, 1.807) is 0 Å². The molecule has 0 spiro atoms. The number of rotatable bonds is 5. The third-order valence-corrected chi connectivity index (χ3v) is 3.33. The minimum Gasteiger partial charge on any atom is -0.396 e. The number of nitrogens with one attached hydrogen (secondary N) is 1. The normalized spacial score (nSPS) is 17.6. The first-order valence-corrected chi connectivity index (χ1v) is 5.57. The Hall–Kier alpha value is -0.580. The van der Waals surface area contributed by atoms with Crippen molar-refractivity contribution in [3.05, 3.63) is 18.0 Å². The van der Waals surface area contributed by atoms with Crippen LogP contribution in [0.2, 0.25) is 0 Å². The molecular weight excluding hydrogens is 226 g/mol. The van der Waals surface area contributed by atoms with Crippen LogP contribution >= 0.6 is 12.4 Å². The van der Waals surface area contributed by atoms with E-state index < -0.39 is 0 Å². The molecule has 92 valence electrons. The zero-order valence-electron chi connectivity index (χ0n) is 9.65. The molecule has 0 amide bonds. The van der Waals surface area contributed by atoms with Gasteiger partial charge in [0.05, 0.1) is 6.20 Å². The highest BCUT2D eigenvalue weighted by Gasteiger charge is 2.35. The average Bonchev–Trinajstić information content (AvgIpc) is 2.56. The topological polar surface area (TPSA) is 50.1 Å². The Bertz CT molecular complexity index is 323. The lowest BCUT2D eigenvalue weighted by Gasteiger charge is -2.42. The van der Waals surface area contributed by atoms with Crippen molar-refractivity contribution in [2.24, 2.45) is 7.05 Å². The highest BCUT2D eigenvalue weighted by atomic mass is 35.5. The van der Waals surface area contributed by atoms with Gasteiger partial charge in [0, 0.05) is 37.5 Å². The number of aromatic nitrogens is 2. The van der Waals surface area contributed by atoms with Crippen molar-refractivity contribution in [2.45, 2.75) is 37.8 Å². The largest absolute Gasteiger partial charge is 0.396 e. The maximum atomic E-state index is 9.01. The summed E-state index contributed by atoms with van der Waals surface area (Å²) in [6.45, 7) is 1.13. The van der Waals surface area contributed by atoms with Crippen LogP contribution in [0.5, 0.6) is 0 Å². The summed E-state index contributed by atoms with van der Waals surface area (Å²) in [5.74, 6) is 0. The van der Waals surface area contributed by atoms with Crippen LogP contribution in [0.1, 0.15) is 31.2 Å². The van der Waals surface area contributed by atoms with Crippen molar-refractivity contribution in [2.75, 3.05) is 6.61 Å². The lowest BCUT2D eigenvalue weighted by Crippen LogP contribution is -2.51. The lowest BCUT2D eigenvalue weighted by atomic mass is 9.74. The fourth-order valence-corrected chi connectivity index (χ4v) is 2.19. The molecule has 1 aromatic rings. The number of aliphatic hydroxyl groups excluding tert-OH is 1. The molecule has 4 nitrogen and oxygen atoms in total. The van der Waals surface area contributed by atoms with Gasteiger partial charge >= 0.3 is 0 Å². The number of hydrogen-bond acceptors (Lipinski definition) is 3. The summed E-state index contributed by atoms with van der Waals surface area (Å²) in [6, 6.07) is 0. The molecule has 0 radical (unpaired) electrons. The number of aliphatic hydroxyl groups is 1. The van der Waals surface area contributed by atoms with Crippen molar-refractivity contribution in [3.63, 3.8) is 0 Å². The smallest absolute Gasteiger partial charge is 0.0534 e. The van der Waals surface area contributed by atoms with Gasteiger partial charge in [-0.3, -0.25) is 4.68 Å². The number of nitrogens with zero attached hydrogens (tertiary/aromatic N) is 2. The first-order valence-electron chi connectivity index (χ1n) is 5.57. The van der Waals surface area contributed by atoms with Gasteiger partial charge in [0.15, 0.2) is 0 Å². The first-order chi connectivity index (χ1) is 7.24. The Labute approximate surface area is 102 Å². The van der Waals surface area contributed by atoms with Crippen LogP contribution in [-0.4, -0.2) is 27.0 Å². The van der Waals surface area contributed by atoms with E-state index in [1.165, 1.54) is 24.8 Å². The van der Waals surface area contributed by atoms with Crippen LogP contribution in [0.4, 0.5) is 0 Å². The fourth-order valence-electron chi connectivity index (χ4n) is 2.19. The molecule has 1 fully saturated rings. The summed E-state index contributed by atoms with van der Waals surface area (Å²) in [4.78, 5) is 0. The second kappa shape index (κ2) is 5.66. The third-order valence-electron chi connectivity index (χ3n) is 3.33. The number of hydrogen-bond donors (Lipinski definition) is 2.